The standard InChI is InChI=1S/C18H25NO/c1-13-10-14(2)16-7-6-15(18(20)17(16)11-13)12-19-8-4-3-5-9-19/h10-11,15H,3-9,12H2,1-2H3. The van der Waals surface area contributed by atoms with Crippen molar-refractivity contribution >= 4 is 5.78 Å². The number of fused-ring (bicyclic) bond motifs is 1. The highest BCUT2D eigenvalue weighted by molar-refractivity contribution is 6.00. The predicted molar refractivity (Wildman–Crippen MR) is 82.3 cm³/mol. The maximum Gasteiger partial charge on any atom is 0.167 e. The molecule has 1 atom stereocenters. The average molecular weight is 271 g/mol. The molecule has 0 N–H and O–H groups in total. The summed E-state index contributed by atoms with van der Waals surface area (Å²) < 4.78 is 0. The molecule has 1 heterocycles. The largest absolute Gasteiger partial charge is 0.303 e. The van der Waals surface area contributed by atoms with E-state index in [-0.39, 0.29) is 5.92 Å². The van der Waals surface area contributed by atoms with E-state index in [9.17, 15) is 4.79 Å². The summed E-state index contributed by atoms with van der Waals surface area (Å²) in [5.74, 6) is 0.616. The lowest BCUT2D eigenvalue weighted by molar-refractivity contribution is 0.0845. The summed E-state index contributed by atoms with van der Waals surface area (Å²) in [5.41, 5.74) is 4.82. The highest BCUT2D eigenvalue weighted by Gasteiger charge is 2.30. The number of carbonyl (C=O) groups excluding carboxylic acids is 1. The maximum absolute atomic E-state index is 12.8. The molecule has 1 aromatic rings. The van der Waals surface area contributed by atoms with Gasteiger partial charge in [-0.25, -0.2) is 0 Å². The molecular weight excluding hydrogens is 246 g/mol. The second-order valence-electron chi connectivity index (χ2n) is 6.57. The summed E-state index contributed by atoms with van der Waals surface area (Å²) in [6.07, 6.45) is 6.07. The first-order valence-electron chi connectivity index (χ1n) is 8.02. The van der Waals surface area contributed by atoms with E-state index in [0.717, 1.165) is 24.9 Å². The summed E-state index contributed by atoms with van der Waals surface area (Å²) in [7, 11) is 0. The normalized spacial score (nSPS) is 23.7. The number of aryl methyl sites for hydroxylation is 2. The van der Waals surface area contributed by atoms with E-state index in [1.54, 1.807) is 0 Å². The number of hydrogen-bond donors (Lipinski definition) is 0. The maximum atomic E-state index is 12.8. The van der Waals surface area contributed by atoms with E-state index in [4.69, 9.17) is 0 Å². The van der Waals surface area contributed by atoms with E-state index in [1.165, 1.54) is 49.0 Å². The van der Waals surface area contributed by atoms with E-state index in [1.807, 2.05) is 0 Å². The monoisotopic (exact) mass is 271 g/mol. The van der Waals surface area contributed by atoms with Gasteiger partial charge in [-0.3, -0.25) is 4.79 Å². The first kappa shape index (κ1) is 13.8. The number of rotatable bonds is 2. The molecule has 0 bridgehead atoms. The van der Waals surface area contributed by atoms with Crippen LogP contribution in [0.25, 0.3) is 0 Å². The Bertz CT molecular complexity index is 514. The third kappa shape index (κ3) is 2.67. The minimum atomic E-state index is 0.224. The van der Waals surface area contributed by atoms with Crippen LogP contribution < -0.4 is 0 Å². The third-order valence-electron chi connectivity index (χ3n) is 4.92. The Balaban J connectivity index is 1.78. The molecule has 3 rings (SSSR count). The van der Waals surface area contributed by atoms with Gasteiger partial charge in [0.2, 0.25) is 0 Å². The Hall–Kier alpha value is -1.15. The Morgan fingerprint density at radius 1 is 1.15 bits per heavy atom. The van der Waals surface area contributed by atoms with Gasteiger partial charge in [-0.2, -0.15) is 0 Å². The smallest absolute Gasteiger partial charge is 0.167 e. The van der Waals surface area contributed by atoms with Gasteiger partial charge in [0.05, 0.1) is 0 Å². The number of Topliss-reactive ketones (excluding diaryl/α,β-unsaturated/α-hetero) is 1. The van der Waals surface area contributed by atoms with Crippen LogP contribution in [0.1, 0.15) is 52.7 Å². The zero-order valence-electron chi connectivity index (χ0n) is 12.7. The summed E-state index contributed by atoms with van der Waals surface area (Å²) >= 11 is 0. The Morgan fingerprint density at radius 2 is 1.90 bits per heavy atom. The lowest BCUT2D eigenvalue weighted by Crippen LogP contribution is -2.38. The van der Waals surface area contributed by atoms with Gasteiger partial charge >= 0.3 is 0 Å². The first-order chi connectivity index (χ1) is 9.65. The number of hydrogen-bond acceptors (Lipinski definition) is 2. The lowest BCUT2D eigenvalue weighted by Gasteiger charge is -2.32. The quantitative estimate of drug-likeness (QED) is 0.820. The third-order valence-corrected chi connectivity index (χ3v) is 4.92. The molecule has 0 radical (unpaired) electrons. The van der Waals surface area contributed by atoms with Crippen molar-refractivity contribution in [3.05, 3.63) is 34.4 Å². The van der Waals surface area contributed by atoms with Crippen LogP contribution in [-0.2, 0) is 6.42 Å². The highest BCUT2D eigenvalue weighted by Crippen LogP contribution is 2.30. The molecule has 0 amide bonds. The van der Waals surface area contributed by atoms with Crippen molar-refractivity contribution in [1.82, 2.24) is 4.90 Å². The topological polar surface area (TPSA) is 20.3 Å². The van der Waals surface area contributed by atoms with Crippen molar-refractivity contribution in [3.8, 4) is 0 Å². The number of nitrogens with zero attached hydrogens (tertiary/aromatic N) is 1. The van der Waals surface area contributed by atoms with E-state index >= 15 is 0 Å². The molecule has 0 aromatic heterocycles. The summed E-state index contributed by atoms with van der Waals surface area (Å²) in [5, 5.41) is 0. The van der Waals surface area contributed by atoms with Crippen molar-refractivity contribution in [1.29, 1.82) is 0 Å². The average Bonchev–Trinajstić information content (AvgIpc) is 2.43. The van der Waals surface area contributed by atoms with Crippen molar-refractivity contribution in [2.24, 2.45) is 5.92 Å². The Labute approximate surface area is 122 Å². The molecular formula is C18H25NO. The molecule has 1 fully saturated rings. The number of carbonyl (C=O) groups is 1. The fourth-order valence-electron chi connectivity index (χ4n) is 3.85. The van der Waals surface area contributed by atoms with E-state index in [0.29, 0.717) is 5.78 Å². The lowest BCUT2D eigenvalue weighted by atomic mass is 9.80. The molecule has 0 spiro atoms. The summed E-state index contributed by atoms with van der Waals surface area (Å²) in [6.45, 7) is 7.58. The number of ketones is 1. The predicted octanol–water partition coefficient (Wildman–Crippen LogP) is 3.53. The number of likely N-dealkylation sites (tertiary alicyclic amines) is 1. The zero-order chi connectivity index (χ0) is 14.1. The van der Waals surface area contributed by atoms with Gasteiger partial charge in [-0.05, 0) is 69.8 Å². The van der Waals surface area contributed by atoms with E-state index < -0.39 is 0 Å². The zero-order valence-corrected chi connectivity index (χ0v) is 12.7. The van der Waals surface area contributed by atoms with Crippen LogP contribution in [0, 0.1) is 19.8 Å². The molecule has 1 aliphatic carbocycles. The van der Waals surface area contributed by atoms with Gasteiger partial charge in [0.1, 0.15) is 0 Å². The molecule has 2 heteroatoms. The molecule has 2 nitrogen and oxygen atoms in total. The molecule has 1 saturated heterocycles. The molecule has 20 heavy (non-hydrogen) atoms. The molecule has 1 aliphatic heterocycles. The Morgan fingerprint density at radius 3 is 2.65 bits per heavy atom. The minimum Gasteiger partial charge on any atom is -0.303 e. The highest BCUT2D eigenvalue weighted by atomic mass is 16.1. The van der Waals surface area contributed by atoms with Gasteiger partial charge in [-0.1, -0.05) is 18.1 Å². The van der Waals surface area contributed by atoms with E-state index in [2.05, 4.69) is 30.9 Å². The van der Waals surface area contributed by atoms with Crippen LogP contribution in [0.3, 0.4) is 0 Å². The van der Waals surface area contributed by atoms with Crippen molar-refractivity contribution in [2.45, 2.75) is 46.0 Å². The van der Waals surface area contributed by atoms with Gasteiger partial charge in [0.15, 0.2) is 5.78 Å². The SMILES string of the molecule is Cc1cc(C)c2c(c1)C(=O)C(CN1CCCCC1)CC2. The van der Waals surface area contributed by atoms with Gasteiger partial charge in [0, 0.05) is 18.0 Å². The minimum absolute atomic E-state index is 0.224. The van der Waals surface area contributed by atoms with Gasteiger partial charge in [0.25, 0.3) is 0 Å². The molecule has 2 aliphatic rings. The van der Waals surface area contributed by atoms with Gasteiger partial charge < -0.3 is 4.90 Å². The fraction of sp³-hybridized carbons (Fsp3) is 0.611. The molecule has 1 aromatic carbocycles. The van der Waals surface area contributed by atoms with Crippen LogP contribution in [0.5, 0.6) is 0 Å². The van der Waals surface area contributed by atoms with Gasteiger partial charge in [-0.15, -0.1) is 0 Å². The molecule has 1 unspecified atom stereocenters. The van der Waals surface area contributed by atoms with Crippen LogP contribution >= 0.6 is 0 Å². The Kier molecular flexibility index (Phi) is 3.93. The number of benzene rings is 1. The molecule has 108 valence electrons. The molecule has 0 saturated carbocycles. The van der Waals surface area contributed by atoms with Crippen molar-refractivity contribution < 1.29 is 4.79 Å². The van der Waals surface area contributed by atoms with Crippen LogP contribution in [0.4, 0.5) is 0 Å². The van der Waals surface area contributed by atoms with Crippen LogP contribution in [0.15, 0.2) is 12.1 Å². The second-order valence-corrected chi connectivity index (χ2v) is 6.57. The fourth-order valence-corrected chi connectivity index (χ4v) is 3.85. The number of piperidine rings is 1. The first-order valence-corrected chi connectivity index (χ1v) is 8.02. The van der Waals surface area contributed by atoms with Crippen LogP contribution in [0.2, 0.25) is 0 Å². The second kappa shape index (κ2) is 5.69. The van der Waals surface area contributed by atoms with Crippen LogP contribution in [-0.4, -0.2) is 30.3 Å². The summed E-state index contributed by atoms with van der Waals surface area (Å²) in [6, 6.07) is 4.31. The van der Waals surface area contributed by atoms with Crippen molar-refractivity contribution in [2.75, 3.05) is 19.6 Å². The summed E-state index contributed by atoms with van der Waals surface area (Å²) in [4.78, 5) is 15.3. The van der Waals surface area contributed by atoms with Crippen molar-refractivity contribution in [3.63, 3.8) is 0 Å².